The molecule has 2 fully saturated rings. The highest BCUT2D eigenvalue weighted by Crippen LogP contribution is 2.41. The van der Waals surface area contributed by atoms with Gasteiger partial charge in [-0.2, -0.15) is 0 Å². The Labute approximate surface area is 191 Å². The lowest BCUT2D eigenvalue weighted by atomic mass is 9.90. The van der Waals surface area contributed by atoms with Crippen molar-refractivity contribution in [3.8, 4) is 0 Å². The Kier molecular flexibility index (Phi) is 6.53. The highest BCUT2D eigenvalue weighted by atomic mass is 16.5. The summed E-state index contributed by atoms with van der Waals surface area (Å²) in [6.07, 6.45) is 10.9. The SMILES string of the molecule is Cc1cccnc1[C@H]1CCC[C@@H](c2nc3ccccn3c2CCCN2CCCOC2)N1C. The first kappa shape index (κ1) is 21.6. The zero-order chi connectivity index (χ0) is 21.9. The summed E-state index contributed by atoms with van der Waals surface area (Å²) in [5.74, 6) is 0. The molecule has 2 aliphatic rings. The molecule has 5 rings (SSSR count). The smallest absolute Gasteiger partial charge is 0.137 e. The predicted octanol–water partition coefficient (Wildman–Crippen LogP) is 4.55. The first-order chi connectivity index (χ1) is 15.7. The third-order valence-corrected chi connectivity index (χ3v) is 7.20. The zero-order valence-corrected chi connectivity index (χ0v) is 19.4. The van der Waals surface area contributed by atoms with Crippen LogP contribution in [0.2, 0.25) is 0 Å². The van der Waals surface area contributed by atoms with E-state index in [1.807, 2.05) is 12.3 Å². The third-order valence-electron chi connectivity index (χ3n) is 7.20. The van der Waals surface area contributed by atoms with Crippen LogP contribution in [-0.4, -0.2) is 57.6 Å². The van der Waals surface area contributed by atoms with Crippen LogP contribution in [0.15, 0.2) is 42.7 Å². The van der Waals surface area contributed by atoms with E-state index in [0.717, 1.165) is 64.2 Å². The van der Waals surface area contributed by atoms with Crippen LogP contribution in [0.25, 0.3) is 5.65 Å². The van der Waals surface area contributed by atoms with E-state index in [1.54, 1.807) is 0 Å². The molecule has 0 N–H and O–H groups in total. The lowest BCUT2D eigenvalue weighted by molar-refractivity contribution is -0.0136. The van der Waals surface area contributed by atoms with E-state index in [2.05, 4.69) is 58.6 Å². The van der Waals surface area contributed by atoms with Gasteiger partial charge in [-0.3, -0.25) is 14.8 Å². The number of likely N-dealkylation sites (tertiary alicyclic amines) is 1. The molecule has 2 saturated heterocycles. The van der Waals surface area contributed by atoms with E-state index in [9.17, 15) is 0 Å². The maximum Gasteiger partial charge on any atom is 0.137 e. The number of hydrogen-bond acceptors (Lipinski definition) is 5. The van der Waals surface area contributed by atoms with Crippen molar-refractivity contribution < 1.29 is 4.74 Å². The van der Waals surface area contributed by atoms with Crippen molar-refractivity contribution in [1.29, 1.82) is 0 Å². The Hall–Kier alpha value is -2.28. The molecule has 0 saturated carbocycles. The summed E-state index contributed by atoms with van der Waals surface area (Å²) < 4.78 is 7.94. The summed E-state index contributed by atoms with van der Waals surface area (Å²) in [4.78, 5) is 14.9. The molecule has 0 spiro atoms. The van der Waals surface area contributed by atoms with E-state index < -0.39 is 0 Å². The first-order valence-electron chi connectivity index (χ1n) is 12.1. The molecule has 32 heavy (non-hydrogen) atoms. The molecule has 2 aliphatic heterocycles. The van der Waals surface area contributed by atoms with Gasteiger partial charge in [0.1, 0.15) is 5.65 Å². The van der Waals surface area contributed by atoms with E-state index in [0.29, 0.717) is 12.1 Å². The Morgan fingerprint density at radius 2 is 1.94 bits per heavy atom. The number of aryl methyl sites for hydroxylation is 2. The minimum Gasteiger partial charge on any atom is -0.366 e. The van der Waals surface area contributed by atoms with Crippen LogP contribution in [0.4, 0.5) is 0 Å². The molecule has 170 valence electrons. The summed E-state index contributed by atoms with van der Waals surface area (Å²) in [6, 6.07) is 11.2. The fraction of sp³-hybridized carbons (Fsp3) is 0.538. The van der Waals surface area contributed by atoms with Crippen molar-refractivity contribution in [1.82, 2.24) is 24.2 Å². The number of piperidine rings is 1. The summed E-state index contributed by atoms with van der Waals surface area (Å²) in [5, 5.41) is 0. The van der Waals surface area contributed by atoms with Crippen LogP contribution < -0.4 is 0 Å². The molecule has 0 radical (unpaired) electrons. The van der Waals surface area contributed by atoms with Crippen LogP contribution in [0, 0.1) is 6.92 Å². The van der Waals surface area contributed by atoms with Crippen molar-refractivity contribution in [2.45, 2.75) is 57.5 Å². The van der Waals surface area contributed by atoms with Crippen molar-refractivity contribution in [3.63, 3.8) is 0 Å². The number of nitrogens with zero attached hydrogens (tertiary/aromatic N) is 5. The monoisotopic (exact) mass is 433 g/mol. The molecule has 0 bridgehead atoms. The second-order valence-corrected chi connectivity index (χ2v) is 9.32. The molecule has 3 aromatic rings. The summed E-state index contributed by atoms with van der Waals surface area (Å²) in [5.41, 5.74) is 6.18. The Bertz CT molecular complexity index is 1040. The topological polar surface area (TPSA) is 45.9 Å². The predicted molar refractivity (Wildman–Crippen MR) is 127 cm³/mol. The van der Waals surface area contributed by atoms with Gasteiger partial charge >= 0.3 is 0 Å². The number of fused-ring (bicyclic) bond motifs is 1. The summed E-state index contributed by atoms with van der Waals surface area (Å²) >= 11 is 0. The van der Waals surface area contributed by atoms with Gasteiger partial charge in [0.15, 0.2) is 0 Å². The van der Waals surface area contributed by atoms with Crippen LogP contribution >= 0.6 is 0 Å². The molecule has 6 nitrogen and oxygen atoms in total. The molecule has 0 unspecified atom stereocenters. The minimum atomic E-state index is 0.323. The van der Waals surface area contributed by atoms with Gasteiger partial charge in [-0.1, -0.05) is 12.1 Å². The van der Waals surface area contributed by atoms with Gasteiger partial charge in [0.2, 0.25) is 0 Å². The largest absolute Gasteiger partial charge is 0.366 e. The minimum absolute atomic E-state index is 0.323. The van der Waals surface area contributed by atoms with Gasteiger partial charge in [-0.15, -0.1) is 0 Å². The maximum absolute atomic E-state index is 5.63. The average molecular weight is 434 g/mol. The van der Waals surface area contributed by atoms with E-state index >= 15 is 0 Å². The van der Waals surface area contributed by atoms with Crippen LogP contribution in [0.3, 0.4) is 0 Å². The number of pyridine rings is 2. The molecule has 2 atom stereocenters. The fourth-order valence-electron chi connectivity index (χ4n) is 5.51. The van der Waals surface area contributed by atoms with Crippen molar-refractivity contribution in [2.24, 2.45) is 0 Å². The molecule has 6 heteroatoms. The standard InChI is InChI=1S/C26H35N5O/c1-20-9-6-14-27-25(20)21-10-5-11-22(29(21)2)26-23(31-17-4-3-13-24(31)28-26)12-7-15-30-16-8-18-32-19-30/h3-4,6,9,13-14,17,21-22H,5,7-8,10-12,15-16,18-19H2,1-2H3/t21-,22+/m1/s1. The quantitative estimate of drug-likeness (QED) is 0.571. The van der Waals surface area contributed by atoms with Crippen molar-refractivity contribution >= 4 is 5.65 Å². The van der Waals surface area contributed by atoms with Crippen LogP contribution in [0.1, 0.15) is 66.8 Å². The van der Waals surface area contributed by atoms with Gasteiger partial charge in [-0.25, -0.2) is 4.98 Å². The number of aromatic nitrogens is 3. The number of ether oxygens (including phenoxy) is 1. The van der Waals surface area contributed by atoms with Crippen molar-refractivity contribution in [3.05, 3.63) is 65.4 Å². The van der Waals surface area contributed by atoms with E-state index in [1.165, 1.54) is 29.1 Å². The second-order valence-electron chi connectivity index (χ2n) is 9.32. The van der Waals surface area contributed by atoms with E-state index in [4.69, 9.17) is 14.7 Å². The van der Waals surface area contributed by atoms with Crippen LogP contribution in [0.5, 0.6) is 0 Å². The number of imidazole rings is 1. The lowest BCUT2D eigenvalue weighted by Gasteiger charge is -2.39. The molecular formula is C26H35N5O. The van der Waals surface area contributed by atoms with Crippen LogP contribution in [-0.2, 0) is 11.2 Å². The van der Waals surface area contributed by atoms with Gasteiger partial charge in [0.25, 0.3) is 0 Å². The molecule has 3 aromatic heterocycles. The molecule has 0 aliphatic carbocycles. The summed E-state index contributed by atoms with van der Waals surface area (Å²) in [6.45, 7) is 6.09. The molecule has 5 heterocycles. The lowest BCUT2D eigenvalue weighted by Crippen LogP contribution is -2.35. The number of rotatable bonds is 6. The van der Waals surface area contributed by atoms with Gasteiger partial charge in [0.05, 0.1) is 30.2 Å². The van der Waals surface area contributed by atoms with Gasteiger partial charge < -0.3 is 9.14 Å². The summed E-state index contributed by atoms with van der Waals surface area (Å²) in [7, 11) is 2.27. The highest BCUT2D eigenvalue weighted by molar-refractivity contribution is 5.44. The molecular weight excluding hydrogens is 398 g/mol. The van der Waals surface area contributed by atoms with Gasteiger partial charge in [-0.05, 0) is 76.3 Å². The second kappa shape index (κ2) is 9.69. The molecule has 0 aromatic carbocycles. The Balaban J connectivity index is 1.41. The Morgan fingerprint density at radius 1 is 1.06 bits per heavy atom. The van der Waals surface area contributed by atoms with E-state index in [-0.39, 0.29) is 0 Å². The normalized spacial score (nSPS) is 23.1. The third kappa shape index (κ3) is 4.32. The Morgan fingerprint density at radius 3 is 2.75 bits per heavy atom. The molecule has 0 amide bonds. The maximum atomic E-state index is 5.63. The average Bonchev–Trinajstić information content (AvgIpc) is 3.19. The number of hydrogen-bond donors (Lipinski definition) is 0. The van der Waals surface area contributed by atoms with Crippen molar-refractivity contribution in [2.75, 3.05) is 33.5 Å². The van der Waals surface area contributed by atoms with Gasteiger partial charge in [0, 0.05) is 37.8 Å². The highest BCUT2D eigenvalue weighted by Gasteiger charge is 2.34. The zero-order valence-electron chi connectivity index (χ0n) is 19.4. The fourth-order valence-corrected chi connectivity index (χ4v) is 5.51. The first-order valence-corrected chi connectivity index (χ1v) is 12.1.